The summed E-state index contributed by atoms with van der Waals surface area (Å²) in [6.07, 6.45) is 0. The van der Waals surface area contributed by atoms with E-state index in [-0.39, 0.29) is 23.2 Å². The summed E-state index contributed by atoms with van der Waals surface area (Å²) in [7, 11) is 4.84. The zero-order chi connectivity index (χ0) is 18.6. The molecular formula is C18H21N3O4. The average Bonchev–Trinajstić information content (AvgIpc) is 2.65. The van der Waals surface area contributed by atoms with Gasteiger partial charge in [0.1, 0.15) is 11.4 Å². The predicted molar refractivity (Wildman–Crippen MR) is 96.1 cm³/mol. The summed E-state index contributed by atoms with van der Waals surface area (Å²) in [5.74, 6) is 0.385. The molecule has 132 valence electrons. The summed E-state index contributed by atoms with van der Waals surface area (Å²) in [4.78, 5) is 25.0. The molecule has 0 aliphatic carbocycles. The van der Waals surface area contributed by atoms with Crippen molar-refractivity contribution in [1.82, 2.24) is 4.90 Å². The van der Waals surface area contributed by atoms with Gasteiger partial charge >= 0.3 is 0 Å². The summed E-state index contributed by atoms with van der Waals surface area (Å²) in [5.41, 5.74) is 1.35. The molecule has 0 fully saturated rings. The van der Waals surface area contributed by atoms with Crippen LogP contribution in [0.25, 0.3) is 0 Å². The molecule has 0 unspecified atom stereocenters. The van der Waals surface area contributed by atoms with E-state index < -0.39 is 4.92 Å². The van der Waals surface area contributed by atoms with Crippen molar-refractivity contribution in [2.24, 2.45) is 0 Å². The first-order chi connectivity index (χ1) is 11.9. The topological polar surface area (TPSA) is 84.7 Å². The average molecular weight is 343 g/mol. The molecule has 0 saturated carbocycles. The first-order valence-corrected chi connectivity index (χ1v) is 7.77. The van der Waals surface area contributed by atoms with Crippen LogP contribution in [0.15, 0.2) is 42.5 Å². The number of nitro benzene ring substituents is 1. The fraction of sp³-hybridized carbons (Fsp3) is 0.278. The maximum absolute atomic E-state index is 12.8. The third-order valence-corrected chi connectivity index (χ3v) is 4.20. The molecule has 2 rings (SSSR count). The van der Waals surface area contributed by atoms with E-state index in [1.807, 2.05) is 31.2 Å². The summed E-state index contributed by atoms with van der Waals surface area (Å²) >= 11 is 0. The Labute approximate surface area is 146 Å². The zero-order valence-corrected chi connectivity index (χ0v) is 14.6. The highest BCUT2D eigenvalue weighted by Gasteiger charge is 2.24. The van der Waals surface area contributed by atoms with Crippen molar-refractivity contribution < 1.29 is 14.5 Å². The quantitative estimate of drug-likeness (QED) is 0.641. The fourth-order valence-electron chi connectivity index (χ4n) is 2.63. The van der Waals surface area contributed by atoms with Gasteiger partial charge in [-0.05, 0) is 25.1 Å². The lowest BCUT2D eigenvalue weighted by atomic mass is 10.0. The van der Waals surface area contributed by atoms with Crippen LogP contribution in [-0.2, 0) is 0 Å². The van der Waals surface area contributed by atoms with Crippen LogP contribution in [0.4, 0.5) is 11.4 Å². The predicted octanol–water partition coefficient (Wildman–Crippen LogP) is 3.48. The van der Waals surface area contributed by atoms with Gasteiger partial charge in [0.2, 0.25) is 0 Å². The fourth-order valence-corrected chi connectivity index (χ4v) is 2.63. The van der Waals surface area contributed by atoms with Crippen molar-refractivity contribution in [3.8, 4) is 5.75 Å². The van der Waals surface area contributed by atoms with Gasteiger partial charge in [-0.1, -0.05) is 18.2 Å². The summed E-state index contributed by atoms with van der Waals surface area (Å²) < 4.78 is 5.35. The minimum atomic E-state index is -0.508. The molecule has 25 heavy (non-hydrogen) atoms. The summed E-state index contributed by atoms with van der Waals surface area (Å²) in [6, 6.07) is 11.6. The van der Waals surface area contributed by atoms with Gasteiger partial charge in [-0.3, -0.25) is 14.9 Å². The van der Waals surface area contributed by atoms with Gasteiger partial charge in [-0.25, -0.2) is 0 Å². The number of methoxy groups -OCH3 is 1. The molecule has 0 aliphatic rings. The molecule has 1 N–H and O–H groups in total. The standard InChI is InChI=1S/C18H21N3O4/c1-12(14-7-5-6-8-17(14)25-4)20(3)18(22)13-9-10-15(19-2)16(11-13)21(23)24/h5-12,19H,1-4H3/t12-/m0/s1. The Bertz CT molecular complexity index is 792. The molecule has 0 radical (unpaired) electrons. The highest BCUT2D eigenvalue weighted by molar-refractivity contribution is 5.95. The number of nitrogens with zero attached hydrogens (tertiary/aromatic N) is 2. The number of amides is 1. The minimum absolute atomic E-state index is 0.133. The lowest BCUT2D eigenvalue weighted by molar-refractivity contribution is -0.384. The Morgan fingerprint density at radius 1 is 1.28 bits per heavy atom. The molecule has 1 atom stereocenters. The maximum atomic E-state index is 12.8. The Morgan fingerprint density at radius 2 is 1.96 bits per heavy atom. The van der Waals surface area contributed by atoms with Crippen LogP contribution in [0.1, 0.15) is 28.9 Å². The molecule has 0 heterocycles. The van der Waals surface area contributed by atoms with E-state index in [4.69, 9.17) is 4.74 Å². The van der Waals surface area contributed by atoms with Crippen molar-refractivity contribution in [1.29, 1.82) is 0 Å². The smallest absolute Gasteiger partial charge is 0.293 e. The van der Waals surface area contributed by atoms with Crippen molar-refractivity contribution in [2.45, 2.75) is 13.0 Å². The molecule has 0 bridgehead atoms. The summed E-state index contributed by atoms with van der Waals surface area (Å²) in [6.45, 7) is 1.88. The van der Waals surface area contributed by atoms with Crippen molar-refractivity contribution in [2.75, 3.05) is 26.5 Å². The Hall–Kier alpha value is -3.09. The van der Waals surface area contributed by atoms with Gasteiger partial charge in [-0.2, -0.15) is 0 Å². The summed E-state index contributed by atoms with van der Waals surface area (Å²) in [5, 5.41) is 13.9. The first-order valence-electron chi connectivity index (χ1n) is 7.77. The maximum Gasteiger partial charge on any atom is 0.293 e. The van der Waals surface area contributed by atoms with Crippen LogP contribution in [0.2, 0.25) is 0 Å². The molecule has 7 heteroatoms. The molecule has 7 nitrogen and oxygen atoms in total. The lowest BCUT2D eigenvalue weighted by Gasteiger charge is -2.26. The van der Waals surface area contributed by atoms with Crippen molar-refractivity contribution in [3.05, 3.63) is 63.7 Å². The molecule has 1 amide bonds. The number of nitro groups is 1. The van der Waals surface area contributed by atoms with Gasteiger partial charge < -0.3 is 15.0 Å². The lowest BCUT2D eigenvalue weighted by Crippen LogP contribution is -2.30. The molecule has 2 aromatic rings. The van der Waals surface area contributed by atoms with E-state index in [9.17, 15) is 14.9 Å². The van der Waals surface area contributed by atoms with Gasteiger partial charge in [0, 0.05) is 31.3 Å². The van der Waals surface area contributed by atoms with Crippen LogP contribution >= 0.6 is 0 Å². The number of para-hydroxylation sites is 1. The normalized spacial score (nSPS) is 11.5. The largest absolute Gasteiger partial charge is 0.496 e. The number of hydrogen-bond donors (Lipinski definition) is 1. The SMILES string of the molecule is CNc1ccc(C(=O)N(C)[C@@H](C)c2ccccc2OC)cc1[N+](=O)[O-]. The minimum Gasteiger partial charge on any atom is -0.496 e. The Kier molecular flexibility index (Phi) is 5.59. The number of anilines is 1. The Balaban J connectivity index is 2.33. The molecule has 2 aromatic carbocycles. The van der Waals surface area contributed by atoms with Gasteiger partial charge in [0.05, 0.1) is 18.1 Å². The number of benzene rings is 2. The highest BCUT2D eigenvalue weighted by Crippen LogP contribution is 2.30. The number of carbonyl (C=O) groups excluding carboxylic acids is 1. The number of ether oxygens (including phenoxy) is 1. The van der Waals surface area contributed by atoms with Crippen LogP contribution in [0.3, 0.4) is 0 Å². The molecule has 0 saturated heterocycles. The van der Waals surface area contributed by atoms with Gasteiger partial charge in [0.15, 0.2) is 0 Å². The van der Waals surface area contributed by atoms with E-state index in [2.05, 4.69) is 5.32 Å². The van der Waals surface area contributed by atoms with Crippen LogP contribution < -0.4 is 10.1 Å². The first kappa shape index (κ1) is 18.3. The molecular weight excluding hydrogens is 322 g/mol. The van der Waals surface area contributed by atoms with E-state index in [0.717, 1.165) is 5.56 Å². The monoisotopic (exact) mass is 343 g/mol. The van der Waals surface area contributed by atoms with Crippen molar-refractivity contribution >= 4 is 17.3 Å². The number of hydrogen-bond acceptors (Lipinski definition) is 5. The van der Waals surface area contributed by atoms with Gasteiger partial charge in [-0.15, -0.1) is 0 Å². The number of rotatable bonds is 6. The van der Waals surface area contributed by atoms with Crippen molar-refractivity contribution in [3.63, 3.8) is 0 Å². The second-order valence-corrected chi connectivity index (χ2v) is 5.57. The van der Waals surface area contributed by atoms with E-state index in [1.165, 1.54) is 17.0 Å². The highest BCUT2D eigenvalue weighted by atomic mass is 16.6. The zero-order valence-electron chi connectivity index (χ0n) is 14.6. The van der Waals surface area contributed by atoms with E-state index in [1.54, 1.807) is 27.3 Å². The number of carbonyl (C=O) groups is 1. The van der Waals surface area contributed by atoms with Gasteiger partial charge in [0.25, 0.3) is 11.6 Å². The molecule has 0 aliphatic heterocycles. The molecule has 0 aromatic heterocycles. The second-order valence-electron chi connectivity index (χ2n) is 5.57. The third kappa shape index (κ3) is 3.71. The third-order valence-electron chi connectivity index (χ3n) is 4.20. The number of nitrogens with one attached hydrogen (secondary N) is 1. The molecule has 0 spiro atoms. The van der Waals surface area contributed by atoms with Crippen LogP contribution in [-0.4, -0.2) is 36.9 Å². The van der Waals surface area contributed by atoms with Crippen LogP contribution in [0, 0.1) is 10.1 Å². The Morgan fingerprint density at radius 3 is 2.56 bits per heavy atom. The van der Waals surface area contributed by atoms with E-state index in [0.29, 0.717) is 11.4 Å². The van der Waals surface area contributed by atoms with E-state index >= 15 is 0 Å². The van der Waals surface area contributed by atoms with Crippen LogP contribution in [0.5, 0.6) is 5.75 Å². The second kappa shape index (κ2) is 7.65.